The first-order valence-electron chi connectivity index (χ1n) is 3.91. The van der Waals surface area contributed by atoms with E-state index in [1.165, 1.54) is 13.0 Å². The highest BCUT2D eigenvalue weighted by Gasteiger charge is 2.48. The van der Waals surface area contributed by atoms with Crippen LogP contribution in [0, 0.1) is 6.92 Å². The van der Waals surface area contributed by atoms with Crippen molar-refractivity contribution < 1.29 is 25.8 Å². The first kappa shape index (κ1) is 13.3. The van der Waals surface area contributed by atoms with Crippen LogP contribution in [0.25, 0.3) is 0 Å². The summed E-state index contributed by atoms with van der Waals surface area (Å²) >= 11 is 3.05. The van der Waals surface area contributed by atoms with E-state index in [2.05, 4.69) is 20.1 Å². The molecule has 0 bridgehead atoms. The summed E-state index contributed by atoms with van der Waals surface area (Å²) < 4.78 is 62.0. The Labute approximate surface area is 98.5 Å². The second-order valence-corrected chi connectivity index (χ2v) is 5.24. The van der Waals surface area contributed by atoms with Crippen LogP contribution in [0.2, 0.25) is 0 Å². The molecule has 0 fully saturated rings. The SMILES string of the molecule is Cc1c(Br)cccc1OS(=O)(=O)C(F)(F)F. The Hall–Kier alpha value is -0.760. The zero-order chi connectivity index (χ0) is 12.6. The van der Waals surface area contributed by atoms with Gasteiger partial charge in [-0.1, -0.05) is 22.0 Å². The van der Waals surface area contributed by atoms with Crippen molar-refractivity contribution in [3.63, 3.8) is 0 Å². The molecule has 0 saturated heterocycles. The van der Waals surface area contributed by atoms with Crippen LogP contribution >= 0.6 is 15.9 Å². The predicted octanol–water partition coefficient (Wildman–Crippen LogP) is 2.99. The van der Waals surface area contributed by atoms with Crippen molar-refractivity contribution in [3.8, 4) is 5.75 Å². The Morgan fingerprint density at radius 3 is 2.38 bits per heavy atom. The van der Waals surface area contributed by atoms with Gasteiger partial charge in [-0.3, -0.25) is 0 Å². The third-order valence-corrected chi connectivity index (χ3v) is 3.53. The average Bonchev–Trinajstić information content (AvgIpc) is 2.11. The van der Waals surface area contributed by atoms with Gasteiger partial charge in [-0.2, -0.15) is 21.6 Å². The van der Waals surface area contributed by atoms with Gasteiger partial charge < -0.3 is 4.18 Å². The lowest BCUT2D eigenvalue weighted by Crippen LogP contribution is -2.28. The van der Waals surface area contributed by atoms with Crippen LogP contribution in [0.3, 0.4) is 0 Å². The van der Waals surface area contributed by atoms with Crippen LogP contribution in [0.4, 0.5) is 13.2 Å². The molecule has 0 unspecified atom stereocenters. The summed E-state index contributed by atoms with van der Waals surface area (Å²) in [6, 6.07) is 4.07. The number of hydrogen-bond donors (Lipinski definition) is 0. The maximum Gasteiger partial charge on any atom is 0.534 e. The van der Waals surface area contributed by atoms with Gasteiger partial charge in [0.2, 0.25) is 0 Å². The fourth-order valence-electron chi connectivity index (χ4n) is 0.843. The second-order valence-electron chi connectivity index (χ2n) is 2.85. The Bertz CT molecular complexity index is 496. The molecule has 0 amide bonds. The van der Waals surface area contributed by atoms with Gasteiger partial charge in [0.25, 0.3) is 0 Å². The fourth-order valence-corrected chi connectivity index (χ4v) is 1.70. The lowest BCUT2D eigenvalue weighted by atomic mass is 10.2. The van der Waals surface area contributed by atoms with Crippen LogP contribution < -0.4 is 4.18 Å². The van der Waals surface area contributed by atoms with E-state index in [1.54, 1.807) is 6.07 Å². The third-order valence-electron chi connectivity index (χ3n) is 1.70. The molecule has 3 nitrogen and oxygen atoms in total. The average molecular weight is 319 g/mol. The Balaban J connectivity index is 3.12. The zero-order valence-corrected chi connectivity index (χ0v) is 10.3. The molecule has 1 rings (SSSR count). The summed E-state index contributed by atoms with van der Waals surface area (Å²) in [6.45, 7) is 1.44. The molecule has 0 heterocycles. The van der Waals surface area contributed by atoms with Gasteiger partial charge in [0, 0.05) is 10.0 Å². The van der Waals surface area contributed by atoms with Gasteiger partial charge in [-0.05, 0) is 19.1 Å². The maximum atomic E-state index is 12.0. The molecular weight excluding hydrogens is 313 g/mol. The number of alkyl halides is 3. The highest BCUT2D eigenvalue weighted by Crippen LogP contribution is 2.31. The summed E-state index contributed by atoms with van der Waals surface area (Å²) in [4.78, 5) is 0. The van der Waals surface area contributed by atoms with Crippen LogP contribution in [-0.4, -0.2) is 13.9 Å². The van der Waals surface area contributed by atoms with Crippen LogP contribution in [-0.2, 0) is 10.1 Å². The smallest absolute Gasteiger partial charge is 0.376 e. The van der Waals surface area contributed by atoms with Gasteiger partial charge in [-0.25, -0.2) is 0 Å². The molecule has 0 aromatic heterocycles. The van der Waals surface area contributed by atoms with Crippen LogP contribution in [0.15, 0.2) is 22.7 Å². The Morgan fingerprint density at radius 2 is 1.88 bits per heavy atom. The molecule has 0 N–H and O–H groups in total. The van der Waals surface area contributed by atoms with E-state index in [-0.39, 0.29) is 11.3 Å². The normalized spacial score (nSPS) is 12.6. The first-order valence-corrected chi connectivity index (χ1v) is 6.11. The molecule has 0 saturated carbocycles. The molecule has 0 aliphatic heterocycles. The van der Waals surface area contributed by atoms with E-state index in [0.717, 1.165) is 6.07 Å². The largest absolute Gasteiger partial charge is 0.534 e. The Morgan fingerprint density at radius 1 is 1.31 bits per heavy atom. The van der Waals surface area contributed by atoms with Gasteiger partial charge in [0.05, 0.1) is 0 Å². The van der Waals surface area contributed by atoms with Crippen molar-refractivity contribution >= 4 is 26.0 Å². The summed E-state index contributed by atoms with van der Waals surface area (Å²) in [7, 11) is -5.61. The molecule has 0 radical (unpaired) electrons. The summed E-state index contributed by atoms with van der Waals surface area (Å²) in [5, 5.41) is 0. The molecule has 0 atom stereocenters. The lowest BCUT2D eigenvalue weighted by molar-refractivity contribution is -0.0500. The first-order chi connectivity index (χ1) is 7.15. The zero-order valence-electron chi connectivity index (χ0n) is 7.88. The van der Waals surface area contributed by atoms with Crippen molar-refractivity contribution in [1.82, 2.24) is 0 Å². The molecule has 0 aliphatic rings. The number of rotatable bonds is 2. The number of halogens is 4. The second kappa shape index (κ2) is 4.25. The molecular formula is C8H6BrF3O3S. The molecule has 90 valence electrons. The van der Waals surface area contributed by atoms with Crippen LogP contribution in [0.1, 0.15) is 5.56 Å². The quantitative estimate of drug-likeness (QED) is 0.622. The molecule has 0 aliphatic carbocycles. The van der Waals surface area contributed by atoms with Crippen molar-refractivity contribution in [1.29, 1.82) is 0 Å². The molecule has 1 aromatic carbocycles. The minimum Gasteiger partial charge on any atom is -0.376 e. The molecule has 16 heavy (non-hydrogen) atoms. The molecule has 1 aromatic rings. The van der Waals surface area contributed by atoms with E-state index < -0.39 is 15.6 Å². The molecule has 0 spiro atoms. The lowest BCUT2D eigenvalue weighted by Gasteiger charge is -2.11. The van der Waals surface area contributed by atoms with Gasteiger partial charge >= 0.3 is 15.6 Å². The van der Waals surface area contributed by atoms with Gasteiger partial charge in [0.1, 0.15) is 5.75 Å². The highest BCUT2D eigenvalue weighted by molar-refractivity contribution is 9.10. The monoisotopic (exact) mass is 318 g/mol. The van der Waals surface area contributed by atoms with E-state index >= 15 is 0 Å². The van der Waals surface area contributed by atoms with Crippen LogP contribution in [0.5, 0.6) is 5.75 Å². The van der Waals surface area contributed by atoms with Crippen molar-refractivity contribution in [3.05, 3.63) is 28.2 Å². The maximum absolute atomic E-state index is 12.0. The van der Waals surface area contributed by atoms with E-state index in [9.17, 15) is 21.6 Å². The standard InChI is InChI=1S/C8H6BrF3O3S/c1-5-6(9)3-2-4-7(5)15-16(13,14)8(10,11)12/h2-4H,1H3. The van der Waals surface area contributed by atoms with Crippen molar-refractivity contribution in [2.24, 2.45) is 0 Å². The summed E-state index contributed by atoms with van der Waals surface area (Å²) in [5.41, 5.74) is -5.16. The predicted molar refractivity (Wildman–Crippen MR) is 54.5 cm³/mol. The minimum absolute atomic E-state index is 0.273. The summed E-state index contributed by atoms with van der Waals surface area (Å²) in [5.74, 6) is -0.355. The topological polar surface area (TPSA) is 43.4 Å². The number of hydrogen-bond acceptors (Lipinski definition) is 3. The minimum atomic E-state index is -5.61. The van der Waals surface area contributed by atoms with E-state index in [4.69, 9.17) is 0 Å². The van der Waals surface area contributed by atoms with Crippen molar-refractivity contribution in [2.75, 3.05) is 0 Å². The van der Waals surface area contributed by atoms with E-state index in [1.807, 2.05) is 0 Å². The fraction of sp³-hybridized carbons (Fsp3) is 0.250. The van der Waals surface area contributed by atoms with Gasteiger partial charge in [0.15, 0.2) is 0 Å². The van der Waals surface area contributed by atoms with E-state index in [0.29, 0.717) is 4.47 Å². The highest BCUT2D eigenvalue weighted by atomic mass is 79.9. The van der Waals surface area contributed by atoms with Crippen molar-refractivity contribution in [2.45, 2.75) is 12.4 Å². The Kier molecular flexibility index (Phi) is 3.53. The van der Waals surface area contributed by atoms with Gasteiger partial charge in [-0.15, -0.1) is 0 Å². The molecule has 8 heteroatoms. The number of benzene rings is 1. The summed E-state index contributed by atoms with van der Waals surface area (Å²) in [6.07, 6.45) is 0. The third kappa shape index (κ3) is 2.67.